The van der Waals surface area contributed by atoms with Crippen LogP contribution >= 0.6 is 31.9 Å². The van der Waals surface area contributed by atoms with Crippen LogP contribution in [0.3, 0.4) is 0 Å². The minimum absolute atomic E-state index is 0.311. The summed E-state index contributed by atoms with van der Waals surface area (Å²) in [5.74, 6) is -1.06. The highest BCUT2D eigenvalue weighted by Gasteiger charge is 2.14. The van der Waals surface area contributed by atoms with Crippen LogP contribution in [0.1, 0.15) is 15.9 Å². The molecule has 0 saturated carbocycles. The number of nitrogens with two attached hydrogens (primary N) is 1. The SMILES string of the molecule is Nc1cccc(COc2c(Br)cc(C(=O)NCC(=O)O)cc2Br)c1. The Morgan fingerprint density at radius 2 is 1.83 bits per heavy atom. The van der Waals surface area contributed by atoms with E-state index < -0.39 is 18.4 Å². The van der Waals surface area contributed by atoms with Crippen LogP contribution in [0.5, 0.6) is 5.75 Å². The lowest BCUT2D eigenvalue weighted by Gasteiger charge is -2.12. The number of carboxylic acids is 1. The Kier molecular flexibility index (Phi) is 6.22. The molecule has 0 heterocycles. The number of hydrogen-bond donors (Lipinski definition) is 3. The van der Waals surface area contributed by atoms with Crippen molar-refractivity contribution in [3.05, 3.63) is 56.5 Å². The summed E-state index contributed by atoms with van der Waals surface area (Å²) < 4.78 is 6.91. The van der Waals surface area contributed by atoms with Crippen molar-refractivity contribution in [2.45, 2.75) is 6.61 Å². The molecule has 2 aromatic rings. The lowest BCUT2D eigenvalue weighted by molar-refractivity contribution is -0.135. The zero-order chi connectivity index (χ0) is 17.7. The highest BCUT2D eigenvalue weighted by molar-refractivity contribution is 9.11. The fourth-order valence-corrected chi connectivity index (χ4v) is 3.34. The number of halogens is 2. The molecule has 0 saturated heterocycles. The maximum Gasteiger partial charge on any atom is 0.322 e. The van der Waals surface area contributed by atoms with Crippen molar-refractivity contribution in [2.75, 3.05) is 12.3 Å². The molecule has 0 aromatic heterocycles. The van der Waals surface area contributed by atoms with Gasteiger partial charge >= 0.3 is 5.97 Å². The largest absolute Gasteiger partial charge is 0.487 e. The Morgan fingerprint density at radius 1 is 1.17 bits per heavy atom. The number of carbonyl (C=O) groups is 2. The van der Waals surface area contributed by atoms with Crippen molar-refractivity contribution in [3.63, 3.8) is 0 Å². The summed E-state index contributed by atoms with van der Waals surface area (Å²) in [6, 6.07) is 10.5. The molecule has 0 unspecified atom stereocenters. The molecule has 2 aromatic carbocycles. The van der Waals surface area contributed by atoms with Gasteiger partial charge in [0, 0.05) is 11.3 Å². The molecule has 126 valence electrons. The Bertz CT molecular complexity index is 757. The first-order valence-corrected chi connectivity index (χ1v) is 8.41. The van der Waals surface area contributed by atoms with E-state index in [2.05, 4.69) is 37.2 Å². The van der Waals surface area contributed by atoms with E-state index >= 15 is 0 Å². The number of aliphatic carboxylic acids is 1. The number of carboxylic acid groups (broad SMARTS) is 1. The van der Waals surface area contributed by atoms with E-state index in [0.29, 0.717) is 32.6 Å². The monoisotopic (exact) mass is 456 g/mol. The fourth-order valence-electron chi connectivity index (χ4n) is 1.93. The summed E-state index contributed by atoms with van der Waals surface area (Å²) in [6.45, 7) is -0.130. The third-order valence-electron chi connectivity index (χ3n) is 2.99. The molecule has 0 atom stereocenters. The number of hydrogen-bond acceptors (Lipinski definition) is 4. The van der Waals surface area contributed by atoms with E-state index in [4.69, 9.17) is 15.6 Å². The van der Waals surface area contributed by atoms with Gasteiger partial charge < -0.3 is 20.9 Å². The van der Waals surface area contributed by atoms with Gasteiger partial charge in [0.2, 0.25) is 0 Å². The Hall–Kier alpha value is -2.06. The number of rotatable bonds is 6. The van der Waals surface area contributed by atoms with Crippen LogP contribution in [0.4, 0.5) is 5.69 Å². The lowest BCUT2D eigenvalue weighted by atomic mass is 10.2. The summed E-state index contributed by atoms with van der Waals surface area (Å²) >= 11 is 6.72. The van der Waals surface area contributed by atoms with E-state index in [1.54, 1.807) is 18.2 Å². The number of nitrogen functional groups attached to an aromatic ring is 1. The smallest absolute Gasteiger partial charge is 0.322 e. The normalized spacial score (nSPS) is 10.2. The molecular formula is C16H14Br2N2O4. The number of carbonyl (C=O) groups excluding carboxylic acids is 1. The Labute approximate surface area is 155 Å². The van der Waals surface area contributed by atoms with Gasteiger partial charge in [0.15, 0.2) is 0 Å². The topological polar surface area (TPSA) is 102 Å². The van der Waals surface area contributed by atoms with Gasteiger partial charge in [-0.25, -0.2) is 0 Å². The van der Waals surface area contributed by atoms with Crippen LogP contribution in [-0.2, 0) is 11.4 Å². The molecule has 0 aliphatic rings. The molecular weight excluding hydrogens is 444 g/mol. The average Bonchev–Trinajstić information content (AvgIpc) is 2.51. The molecule has 0 spiro atoms. The molecule has 8 heteroatoms. The third-order valence-corrected chi connectivity index (χ3v) is 4.17. The summed E-state index contributed by atoms with van der Waals surface area (Å²) in [5.41, 5.74) is 7.61. The van der Waals surface area contributed by atoms with Crippen LogP contribution in [0.2, 0.25) is 0 Å². The van der Waals surface area contributed by atoms with Crippen molar-refractivity contribution in [3.8, 4) is 5.75 Å². The zero-order valence-electron chi connectivity index (χ0n) is 12.4. The van der Waals surface area contributed by atoms with Gasteiger partial charge in [-0.2, -0.15) is 0 Å². The predicted molar refractivity (Wildman–Crippen MR) is 97.0 cm³/mol. The van der Waals surface area contributed by atoms with Gasteiger partial charge in [-0.3, -0.25) is 9.59 Å². The quantitative estimate of drug-likeness (QED) is 0.578. The number of benzene rings is 2. The van der Waals surface area contributed by atoms with Gasteiger partial charge in [0.25, 0.3) is 5.91 Å². The van der Waals surface area contributed by atoms with E-state index in [1.165, 1.54) is 0 Å². The minimum Gasteiger partial charge on any atom is -0.487 e. The van der Waals surface area contributed by atoms with Gasteiger partial charge in [0.1, 0.15) is 18.9 Å². The van der Waals surface area contributed by atoms with Gasteiger partial charge in [-0.05, 0) is 61.7 Å². The van der Waals surface area contributed by atoms with Crippen LogP contribution in [0, 0.1) is 0 Å². The molecule has 4 N–H and O–H groups in total. The fraction of sp³-hybridized carbons (Fsp3) is 0.125. The maximum atomic E-state index is 11.9. The van der Waals surface area contributed by atoms with E-state index in [1.807, 2.05) is 18.2 Å². The molecule has 0 bridgehead atoms. The summed E-state index contributed by atoms with van der Waals surface area (Å²) in [6.07, 6.45) is 0. The van der Waals surface area contributed by atoms with Crippen LogP contribution in [-0.4, -0.2) is 23.5 Å². The van der Waals surface area contributed by atoms with Crippen LogP contribution < -0.4 is 15.8 Å². The summed E-state index contributed by atoms with van der Waals surface area (Å²) in [4.78, 5) is 22.4. The van der Waals surface area contributed by atoms with Crippen molar-refractivity contribution < 1.29 is 19.4 Å². The highest BCUT2D eigenvalue weighted by atomic mass is 79.9. The van der Waals surface area contributed by atoms with Crippen LogP contribution in [0.15, 0.2) is 45.3 Å². The molecule has 0 aliphatic heterocycles. The first kappa shape index (κ1) is 18.3. The van der Waals surface area contributed by atoms with E-state index in [9.17, 15) is 9.59 Å². The third kappa shape index (κ3) is 4.97. The molecule has 0 fully saturated rings. The van der Waals surface area contributed by atoms with Gasteiger partial charge in [-0.15, -0.1) is 0 Å². The second-order valence-corrected chi connectivity index (χ2v) is 6.59. The molecule has 0 radical (unpaired) electrons. The van der Waals surface area contributed by atoms with Crippen molar-refractivity contribution in [1.29, 1.82) is 0 Å². The Balaban J connectivity index is 2.12. The molecule has 0 aliphatic carbocycles. The number of anilines is 1. The number of ether oxygens (including phenoxy) is 1. The summed E-state index contributed by atoms with van der Waals surface area (Å²) in [7, 11) is 0. The molecule has 24 heavy (non-hydrogen) atoms. The van der Waals surface area contributed by atoms with Crippen molar-refractivity contribution >= 4 is 49.4 Å². The van der Waals surface area contributed by atoms with Gasteiger partial charge in [-0.1, -0.05) is 12.1 Å². The second-order valence-electron chi connectivity index (χ2n) is 4.88. The zero-order valence-corrected chi connectivity index (χ0v) is 15.6. The first-order valence-electron chi connectivity index (χ1n) is 6.83. The maximum absolute atomic E-state index is 11.9. The average molecular weight is 458 g/mol. The Morgan fingerprint density at radius 3 is 2.42 bits per heavy atom. The van der Waals surface area contributed by atoms with Crippen molar-refractivity contribution in [1.82, 2.24) is 5.32 Å². The molecule has 1 amide bonds. The second kappa shape index (κ2) is 8.16. The van der Waals surface area contributed by atoms with Crippen LogP contribution in [0.25, 0.3) is 0 Å². The predicted octanol–water partition coefficient (Wildman–Crippen LogP) is 3.19. The number of nitrogens with one attached hydrogen (secondary N) is 1. The van der Waals surface area contributed by atoms with E-state index in [0.717, 1.165) is 5.56 Å². The molecule has 2 rings (SSSR count). The molecule has 6 nitrogen and oxygen atoms in total. The highest BCUT2D eigenvalue weighted by Crippen LogP contribution is 2.35. The minimum atomic E-state index is -1.11. The van der Waals surface area contributed by atoms with Crippen molar-refractivity contribution in [2.24, 2.45) is 0 Å². The number of amides is 1. The van der Waals surface area contributed by atoms with Gasteiger partial charge in [0.05, 0.1) is 8.95 Å². The van der Waals surface area contributed by atoms with E-state index in [-0.39, 0.29) is 0 Å². The first-order chi connectivity index (χ1) is 11.4. The standard InChI is InChI=1S/C16H14Br2N2O4/c17-12-5-10(16(23)20-7-14(21)22)6-13(18)15(12)24-8-9-2-1-3-11(19)4-9/h1-6H,7-8,19H2,(H,20,23)(H,21,22). The lowest BCUT2D eigenvalue weighted by Crippen LogP contribution is -2.29. The summed E-state index contributed by atoms with van der Waals surface area (Å²) in [5, 5.41) is 10.9.